The lowest BCUT2D eigenvalue weighted by atomic mass is 10.2. The topological polar surface area (TPSA) is 59.6 Å². The molecule has 0 aliphatic carbocycles. The molecule has 0 saturated carbocycles. The highest BCUT2D eigenvalue weighted by atomic mass is 32.1. The lowest BCUT2D eigenvalue weighted by Crippen LogP contribution is -2.39. The smallest absolute Gasteiger partial charge is 0.257 e. The zero-order valence-electron chi connectivity index (χ0n) is 10.7. The van der Waals surface area contributed by atoms with E-state index in [2.05, 4.69) is 17.6 Å². The van der Waals surface area contributed by atoms with Crippen LogP contribution in [0.25, 0.3) is 0 Å². The van der Waals surface area contributed by atoms with Crippen molar-refractivity contribution in [3.63, 3.8) is 0 Å². The van der Waals surface area contributed by atoms with Gasteiger partial charge in [0.15, 0.2) is 16.6 Å². The van der Waals surface area contributed by atoms with Gasteiger partial charge < -0.3 is 14.8 Å². The fraction of sp³-hybridized carbons (Fsp3) is 0.385. The van der Waals surface area contributed by atoms with Crippen molar-refractivity contribution in [3.8, 4) is 11.5 Å². The average molecular weight is 280 g/mol. The lowest BCUT2D eigenvalue weighted by molar-refractivity contribution is 0.0976. The van der Waals surface area contributed by atoms with E-state index in [0.717, 1.165) is 19.4 Å². The molecule has 1 heterocycles. The van der Waals surface area contributed by atoms with Crippen LogP contribution >= 0.6 is 12.2 Å². The molecule has 0 bridgehead atoms. The SMILES string of the molecule is CCCCNC(=S)NC(=O)c1ccc2c(c1)OCO2. The fourth-order valence-corrected chi connectivity index (χ4v) is 1.83. The number of carbonyl (C=O) groups is 1. The molecule has 2 rings (SSSR count). The van der Waals surface area contributed by atoms with E-state index in [9.17, 15) is 4.79 Å². The predicted molar refractivity (Wildman–Crippen MR) is 75.5 cm³/mol. The van der Waals surface area contributed by atoms with Gasteiger partial charge in [0.1, 0.15) is 0 Å². The van der Waals surface area contributed by atoms with Gasteiger partial charge in [-0.2, -0.15) is 0 Å². The van der Waals surface area contributed by atoms with Crippen LogP contribution in [-0.4, -0.2) is 24.4 Å². The summed E-state index contributed by atoms with van der Waals surface area (Å²) in [5, 5.41) is 5.96. The van der Waals surface area contributed by atoms with E-state index in [1.54, 1.807) is 18.2 Å². The number of fused-ring (bicyclic) bond motifs is 1. The number of nitrogens with one attached hydrogen (secondary N) is 2. The van der Waals surface area contributed by atoms with Gasteiger partial charge in [0.05, 0.1) is 0 Å². The van der Waals surface area contributed by atoms with Crippen LogP contribution in [0.5, 0.6) is 11.5 Å². The molecule has 102 valence electrons. The molecule has 5 nitrogen and oxygen atoms in total. The molecular weight excluding hydrogens is 264 g/mol. The maximum absolute atomic E-state index is 12.0. The summed E-state index contributed by atoms with van der Waals surface area (Å²) >= 11 is 5.04. The van der Waals surface area contributed by atoms with Crippen molar-refractivity contribution >= 4 is 23.2 Å². The number of hydrogen-bond acceptors (Lipinski definition) is 4. The van der Waals surface area contributed by atoms with Gasteiger partial charge in [-0.3, -0.25) is 10.1 Å². The van der Waals surface area contributed by atoms with Gasteiger partial charge in [-0.05, 0) is 36.8 Å². The quantitative estimate of drug-likeness (QED) is 0.651. The first-order valence-electron chi connectivity index (χ1n) is 6.19. The standard InChI is InChI=1S/C13H16N2O3S/c1-2-3-6-14-13(19)15-12(16)9-4-5-10-11(7-9)18-8-17-10/h4-5,7H,2-3,6,8H2,1H3,(H2,14,15,16,19). The Balaban J connectivity index is 1.91. The number of carbonyl (C=O) groups excluding carboxylic acids is 1. The first-order valence-corrected chi connectivity index (χ1v) is 6.60. The lowest BCUT2D eigenvalue weighted by Gasteiger charge is -2.09. The highest BCUT2D eigenvalue weighted by Crippen LogP contribution is 2.32. The molecular formula is C13H16N2O3S. The average Bonchev–Trinajstić information content (AvgIpc) is 2.86. The summed E-state index contributed by atoms with van der Waals surface area (Å²) < 4.78 is 10.4. The molecule has 0 aromatic heterocycles. The summed E-state index contributed by atoms with van der Waals surface area (Å²) in [6, 6.07) is 5.04. The van der Waals surface area contributed by atoms with Crippen LogP contribution in [-0.2, 0) is 0 Å². The maximum atomic E-state index is 12.0. The van der Waals surface area contributed by atoms with Crippen molar-refractivity contribution in [3.05, 3.63) is 23.8 Å². The first-order chi connectivity index (χ1) is 9.20. The first kappa shape index (κ1) is 13.6. The summed E-state index contributed by atoms with van der Waals surface area (Å²) in [6.07, 6.45) is 2.09. The third-order valence-electron chi connectivity index (χ3n) is 2.68. The molecule has 0 fully saturated rings. The predicted octanol–water partition coefficient (Wildman–Crippen LogP) is 1.82. The number of amides is 1. The Hall–Kier alpha value is -1.82. The molecule has 0 radical (unpaired) electrons. The maximum Gasteiger partial charge on any atom is 0.257 e. The van der Waals surface area contributed by atoms with Gasteiger partial charge in [-0.15, -0.1) is 0 Å². The van der Waals surface area contributed by atoms with Gasteiger partial charge >= 0.3 is 0 Å². The van der Waals surface area contributed by atoms with Crippen LogP contribution in [0, 0.1) is 0 Å². The summed E-state index contributed by atoms with van der Waals surface area (Å²) in [6.45, 7) is 3.05. The Morgan fingerprint density at radius 2 is 2.16 bits per heavy atom. The van der Waals surface area contributed by atoms with Crippen LogP contribution in [0.3, 0.4) is 0 Å². The van der Waals surface area contributed by atoms with Crippen molar-refractivity contribution in [2.45, 2.75) is 19.8 Å². The molecule has 1 aliphatic heterocycles. The number of thiocarbonyl (C=S) groups is 1. The summed E-state index contributed by atoms with van der Waals surface area (Å²) in [5.74, 6) is 0.977. The summed E-state index contributed by atoms with van der Waals surface area (Å²) in [5.41, 5.74) is 0.490. The van der Waals surface area contributed by atoms with Crippen LogP contribution in [0.2, 0.25) is 0 Å². The molecule has 1 aromatic carbocycles. The van der Waals surface area contributed by atoms with Crippen LogP contribution in [0.4, 0.5) is 0 Å². The van der Waals surface area contributed by atoms with E-state index >= 15 is 0 Å². The molecule has 2 N–H and O–H groups in total. The van der Waals surface area contributed by atoms with E-state index in [-0.39, 0.29) is 12.7 Å². The second-order valence-corrected chi connectivity index (χ2v) is 4.54. The minimum Gasteiger partial charge on any atom is -0.454 e. The molecule has 0 spiro atoms. The Bertz CT molecular complexity index is 491. The fourth-order valence-electron chi connectivity index (χ4n) is 1.64. The second-order valence-electron chi connectivity index (χ2n) is 4.13. The zero-order valence-corrected chi connectivity index (χ0v) is 11.5. The molecule has 1 aromatic rings. The summed E-state index contributed by atoms with van der Waals surface area (Å²) in [7, 11) is 0. The van der Waals surface area contributed by atoms with E-state index in [0.29, 0.717) is 22.2 Å². The minimum atomic E-state index is -0.257. The Kier molecular flexibility index (Phi) is 4.57. The number of unbranched alkanes of at least 4 members (excludes halogenated alkanes) is 1. The van der Waals surface area contributed by atoms with Gasteiger partial charge in [-0.25, -0.2) is 0 Å². The van der Waals surface area contributed by atoms with Crippen molar-refractivity contribution < 1.29 is 14.3 Å². The van der Waals surface area contributed by atoms with Crippen LogP contribution in [0.1, 0.15) is 30.1 Å². The van der Waals surface area contributed by atoms with Crippen molar-refractivity contribution in [2.75, 3.05) is 13.3 Å². The molecule has 6 heteroatoms. The number of hydrogen-bond donors (Lipinski definition) is 2. The van der Waals surface area contributed by atoms with E-state index < -0.39 is 0 Å². The van der Waals surface area contributed by atoms with E-state index in [1.807, 2.05) is 0 Å². The van der Waals surface area contributed by atoms with E-state index in [4.69, 9.17) is 21.7 Å². The Morgan fingerprint density at radius 3 is 2.95 bits per heavy atom. The van der Waals surface area contributed by atoms with Gasteiger partial charge in [0, 0.05) is 12.1 Å². The van der Waals surface area contributed by atoms with Crippen LogP contribution < -0.4 is 20.1 Å². The number of ether oxygens (including phenoxy) is 2. The van der Waals surface area contributed by atoms with Crippen molar-refractivity contribution in [1.29, 1.82) is 0 Å². The Labute approximate surface area is 117 Å². The van der Waals surface area contributed by atoms with Gasteiger partial charge in [0.25, 0.3) is 5.91 Å². The third-order valence-corrected chi connectivity index (χ3v) is 2.92. The van der Waals surface area contributed by atoms with Crippen LogP contribution in [0.15, 0.2) is 18.2 Å². The van der Waals surface area contributed by atoms with Crippen molar-refractivity contribution in [1.82, 2.24) is 10.6 Å². The monoisotopic (exact) mass is 280 g/mol. The van der Waals surface area contributed by atoms with E-state index in [1.165, 1.54) is 0 Å². The second kappa shape index (κ2) is 6.38. The normalized spacial score (nSPS) is 12.1. The highest BCUT2D eigenvalue weighted by Gasteiger charge is 2.16. The molecule has 0 atom stereocenters. The number of benzene rings is 1. The molecule has 1 amide bonds. The van der Waals surface area contributed by atoms with Gasteiger partial charge in [-0.1, -0.05) is 13.3 Å². The molecule has 19 heavy (non-hydrogen) atoms. The largest absolute Gasteiger partial charge is 0.454 e. The molecule has 0 saturated heterocycles. The molecule has 1 aliphatic rings. The highest BCUT2D eigenvalue weighted by molar-refractivity contribution is 7.80. The Morgan fingerprint density at radius 1 is 1.37 bits per heavy atom. The number of rotatable bonds is 4. The van der Waals surface area contributed by atoms with Crippen molar-refractivity contribution in [2.24, 2.45) is 0 Å². The summed E-state index contributed by atoms with van der Waals surface area (Å²) in [4.78, 5) is 12.0. The minimum absolute atomic E-state index is 0.192. The molecule has 0 unspecified atom stereocenters. The third kappa shape index (κ3) is 3.57. The van der Waals surface area contributed by atoms with Gasteiger partial charge in [0.2, 0.25) is 6.79 Å². The zero-order chi connectivity index (χ0) is 13.7.